The third kappa shape index (κ3) is 4.69. The zero-order valence-corrected chi connectivity index (χ0v) is 15.1. The lowest BCUT2D eigenvalue weighted by Gasteiger charge is -2.26. The summed E-state index contributed by atoms with van der Waals surface area (Å²) in [6.45, 7) is 5.07. The van der Waals surface area contributed by atoms with Crippen molar-refractivity contribution in [2.24, 2.45) is 0 Å². The number of morpholine rings is 1. The molecule has 27 heavy (non-hydrogen) atoms. The average Bonchev–Trinajstić information content (AvgIpc) is 3.17. The van der Waals surface area contributed by atoms with Crippen molar-refractivity contribution in [3.63, 3.8) is 0 Å². The van der Waals surface area contributed by atoms with E-state index in [4.69, 9.17) is 14.2 Å². The molecule has 0 bridgehead atoms. The first-order chi connectivity index (χ1) is 13.3. The summed E-state index contributed by atoms with van der Waals surface area (Å²) in [6, 6.07) is 13.3. The summed E-state index contributed by atoms with van der Waals surface area (Å²) >= 11 is 0. The second-order valence-corrected chi connectivity index (χ2v) is 6.58. The van der Waals surface area contributed by atoms with Crippen molar-refractivity contribution in [2.45, 2.75) is 13.1 Å². The molecular formula is C20H23N3O4. The second-order valence-electron chi connectivity index (χ2n) is 6.58. The Morgan fingerprint density at radius 2 is 1.70 bits per heavy atom. The molecule has 0 unspecified atom stereocenters. The third-order valence-electron chi connectivity index (χ3n) is 4.61. The van der Waals surface area contributed by atoms with Gasteiger partial charge in [0.15, 0.2) is 11.5 Å². The molecule has 7 heteroatoms. The highest BCUT2D eigenvalue weighted by molar-refractivity contribution is 5.89. The van der Waals surface area contributed by atoms with Gasteiger partial charge < -0.3 is 24.8 Å². The number of benzene rings is 2. The number of anilines is 1. The van der Waals surface area contributed by atoms with E-state index in [-0.39, 0.29) is 12.8 Å². The Hall–Kier alpha value is -2.77. The Balaban J connectivity index is 1.25. The zero-order valence-electron chi connectivity index (χ0n) is 15.1. The molecular weight excluding hydrogens is 346 g/mol. The average molecular weight is 369 g/mol. The predicted octanol–water partition coefficient (Wildman–Crippen LogP) is 2.57. The van der Waals surface area contributed by atoms with Crippen LogP contribution >= 0.6 is 0 Å². The van der Waals surface area contributed by atoms with Crippen LogP contribution in [0, 0.1) is 0 Å². The molecule has 2 aliphatic rings. The normalized spacial score (nSPS) is 16.1. The van der Waals surface area contributed by atoms with Gasteiger partial charge in [0.1, 0.15) is 0 Å². The topological polar surface area (TPSA) is 72.1 Å². The number of carbonyl (C=O) groups is 1. The van der Waals surface area contributed by atoms with E-state index < -0.39 is 0 Å². The fourth-order valence-electron chi connectivity index (χ4n) is 3.12. The molecule has 1 fully saturated rings. The molecule has 0 saturated carbocycles. The highest BCUT2D eigenvalue weighted by Gasteiger charge is 2.13. The van der Waals surface area contributed by atoms with Crippen molar-refractivity contribution in [1.29, 1.82) is 0 Å². The lowest BCUT2D eigenvalue weighted by Crippen LogP contribution is -2.35. The summed E-state index contributed by atoms with van der Waals surface area (Å²) < 4.78 is 16.0. The van der Waals surface area contributed by atoms with Crippen LogP contribution in [0.5, 0.6) is 11.5 Å². The molecule has 0 spiro atoms. The number of hydrogen-bond donors (Lipinski definition) is 2. The quantitative estimate of drug-likeness (QED) is 0.848. The Labute approximate surface area is 158 Å². The molecule has 7 nitrogen and oxygen atoms in total. The van der Waals surface area contributed by atoms with Crippen molar-refractivity contribution >= 4 is 11.7 Å². The molecule has 0 atom stereocenters. The van der Waals surface area contributed by atoms with Crippen molar-refractivity contribution in [1.82, 2.24) is 10.2 Å². The molecule has 2 N–H and O–H groups in total. The van der Waals surface area contributed by atoms with Gasteiger partial charge in [-0.1, -0.05) is 18.2 Å². The fourth-order valence-corrected chi connectivity index (χ4v) is 3.12. The molecule has 2 aromatic carbocycles. The van der Waals surface area contributed by atoms with Crippen LogP contribution in [0.25, 0.3) is 0 Å². The summed E-state index contributed by atoms with van der Waals surface area (Å²) in [4.78, 5) is 14.5. The SMILES string of the molecule is O=C(NCc1ccc2c(c1)OCO2)Nc1ccc(CN2CCOCC2)cc1. The maximum Gasteiger partial charge on any atom is 0.319 e. The first-order valence-electron chi connectivity index (χ1n) is 9.09. The molecule has 0 radical (unpaired) electrons. The van der Waals surface area contributed by atoms with E-state index in [1.165, 1.54) is 5.56 Å². The van der Waals surface area contributed by atoms with Crippen LogP contribution in [0.3, 0.4) is 0 Å². The second kappa shape index (κ2) is 8.28. The van der Waals surface area contributed by atoms with Crippen LogP contribution in [-0.2, 0) is 17.8 Å². The lowest BCUT2D eigenvalue weighted by atomic mass is 10.2. The number of carbonyl (C=O) groups excluding carboxylic acids is 1. The van der Waals surface area contributed by atoms with Gasteiger partial charge in [-0.05, 0) is 35.4 Å². The van der Waals surface area contributed by atoms with E-state index in [0.717, 1.165) is 49.8 Å². The van der Waals surface area contributed by atoms with Crippen molar-refractivity contribution < 1.29 is 19.0 Å². The van der Waals surface area contributed by atoms with Gasteiger partial charge in [-0.15, -0.1) is 0 Å². The van der Waals surface area contributed by atoms with E-state index >= 15 is 0 Å². The van der Waals surface area contributed by atoms with Gasteiger partial charge >= 0.3 is 6.03 Å². The molecule has 1 saturated heterocycles. The van der Waals surface area contributed by atoms with Gasteiger partial charge in [0.25, 0.3) is 0 Å². The van der Waals surface area contributed by atoms with E-state index in [0.29, 0.717) is 12.3 Å². The minimum absolute atomic E-state index is 0.242. The molecule has 2 aliphatic heterocycles. The lowest BCUT2D eigenvalue weighted by molar-refractivity contribution is 0.0342. The summed E-state index contributed by atoms with van der Waals surface area (Å²) in [5, 5.41) is 5.71. The minimum atomic E-state index is -0.242. The van der Waals surface area contributed by atoms with Crippen LogP contribution in [-0.4, -0.2) is 44.0 Å². The maximum atomic E-state index is 12.1. The standard InChI is InChI=1S/C20H23N3O4/c24-20(21-12-16-3-6-18-19(11-16)27-14-26-18)22-17-4-1-15(2-5-17)13-23-7-9-25-10-8-23/h1-6,11H,7-10,12-14H2,(H2,21,22,24). The number of hydrogen-bond acceptors (Lipinski definition) is 5. The van der Waals surface area contributed by atoms with E-state index in [2.05, 4.69) is 15.5 Å². The number of fused-ring (bicyclic) bond motifs is 1. The van der Waals surface area contributed by atoms with Gasteiger partial charge in [0, 0.05) is 31.9 Å². The van der Waals surface area contributed by atoms with Crippen LogP contribution in [0.2, 0.25) is 0 Å². The summed E-state index contributed by atoms with van der Waals surface area (Å²) in [7, 11) is 0. The first-order valence-corrected chi connectivity index (χ1v) is 9.09. The number of nitrogens with zero attached hydrogens (tertiary/aromatic N) is 1. The largest absolute Gasteiger partial charge is 0.454 e. The van der Waals surface area contributed by atoms with E-state index in [9.17, 15) is 4.79 Å². The monoisotopic (exact) mass is 369 g/mol. The Bertz CT molecular complexity index is 788. The number of nitrogens with one attached hydrogen (secondary N) is 2. The first kappa shape index (κ1) is 17.6. The van der Waals surface area contributed by atoms with E-state index in [1.54, 1.807) is 0 Å². The van der Waals surface area contributed by atoms with Crippen LogP contribution in [0.15, 0.2) is 42.5 Å². The van der Waals surface area contributed by atoms with Gasteiger partial charge in [0.05, 0.1) is 13.2 Å². The van der Waals surface area contributed by atoms with Crippen LogP contribution in [0.1, 0.15) is 11.1 Å². The van der Waals surface area contributed by atoms with Crippen molar-refractivity contribution in [2.75, 3.05) is 38.4 Å². The van der Waals surface area contributed by atoms with Gasteiger partial charge in [0.2, 0.25) is 6.79 Å². The fraction of sp³-hybridized carbons (Fsp3) is 0.350. The summed E-state index contributed by atoms with van der Waals surface area (Å²) in [5.74, 6) is 1.45. The number of ether oxygens (including phenoxy) is 3. The molecule has 2 amide bonds. The molecule has 4 rings (SSSR count). The highest BCUT2D eigenvalue weighted by Crippen LogP contribution is 2.32. The smallest absolute Gasteiger partial charge is 0.319 e. The molecule has 2 aromatic rings. The van der Waals surface area contributed by atoms with Crippen molar-refractivity contribution in [3.8, 4) is 11.5 Å². The third-order valence-corrected chi connectivity index (χ3v) is 4.61. The van der Waals surface area contributed by atoms with Crippen LogP contribution < -0.4 is 20.1 Å². The highest BCUT2D eigenvalue weighted by atomic mass is 16.7. The number of amides is 2. The summed E-state index contributed by atoms with van der Waals surface area (Å²) in [5.41, 5.74) is 2.95. The summed E-state index contributed by atoms with van der Waals surface area (Å²) in [6.07, 6.45) is 0. The molecule has 142 valence electrons. The van der Waals surface area contributed by atoms with Gasteiger partial charge in [-0.25, -0.2) is 4.79 Å². The Morgan fingerprint density at radius 1 is 0.963 bits per heavy atom. The molecule has 0 aromatic heterocycles. The Kier molecular flexibility index (Phi) is 5.41. The van der Waals surface area contributed by atoms with Crippen molar-refractivity contribution in [3.05, 3.63) is 53.6 Å². The number of rotatable bonds is 5. The Morgan fingerprint density at radius 3 is 2.52 bits per heavy atom. The number of urea groups is 1. The van der Waals surface area contributed by atoms with Crippen LogP contribution in [0.4, 0.5) is 10.5 Å². The zero-order chi connectivity index (χ0) is 18.5. The van der Waals surface area contributed by atoms with Gasteiger partial charge in [-0.2, -0.15) is 0 Å². The predicted molar refractivity (Wildman–Crippen MR) is 101 cm³/mol. The van der Waals surface area contributed by atoms with E-state index in [1.807, 2.05) is 42.5 Å². The minimum Gasteiger partial charge on any atom is -0.454 e. The van der Waals surface area contributed by atoms with Gasteiger partial charge in [-0.3, -0.25) is 4.90 Å². The molecule has 2 heterocycles. The maximum absolute atomic E-state index is 12.1. The molecule has 0 aliphatic carbocycles.